The third kappa shape index (κ3) is 3.59. The average Bonchev–Trinajstić information content (AvgIpc) is 2.79. The van der Waals surface area contributed by atoms with Gasteiger partial charge in [0.25, 0.3) is 11.1 Å². The van der Waals surface area contributed by atoms with Gasteiger partial charge in [-0.15, -0.1) is 0 Å². The molecular formula is C17H11Cl2NO3S. The molecule has 0 saturated carbocycles. The molecule has 1 fully saturated rings. The zero-order valence-electron chi connectivity index (χ0n) is 12.2. The van der Waals surface area contributed by atoms with Gasteiger partial charge in [0, 0.05) is 10.0 Å². The van der Waals surface area contributed by atoms with E-state index in [-0.39, 0.29) is 23.4 Å². The van der Waals surface area contributed by atoms with E-state index in [2.05, 4.69) is 0 Å². The van der Waals surface area contributed by atoms with Crippen molar-refractivity contribution >= 4 is 52.2 Å². The molecule has 0 aromatic heterocycles. The number of amides is 2. The molecule has 1 saturated heterocycles. The zero-order chi connectivity index (χ0) is 17.3. The normalized spacial score (nSPS) is 16.2. The largest absolute Gasteiger partial charge is 0.508 e. The maximum absolute atomic E-state index is 12.5. The molecule has 0 spiro atoms. The second kappa shape index (κ2) is 6.89. The Balaban J connectivity index is 1.82. The number of aromatic hydroxyl groups is 1. The first-order valence-electron chi connectivity index (χ1n) is 6.92. The lowest BCUT2D eigenvalue weighted by Crippen LogP contribution is -2.27. The van der Waals surface area contributed by atoms with Gasteiger partial charge in [-0.25, -0.2) is 0 Å². The van der Waals surface area contributed by atoms with Gasteiger partial charge in [-0.1, -0.05) is 41.4 Å². The summed E-state index contributed by atoms with van der Waals surface area (Å²) in [6.45, 7) is 0.0909. The minimum atomic E-state index is -0.371. The van der Waals surface area contributed by atoms with Crippen molar-refractivity contribution in [3.05, 3.63) is 68.5 Å². The van der Waals surface area contributed by atoms with Crippen molar-refractivity contribution in [1.29, 1.82) is 0 Å². The summed E-state index contributed by atoms with van der Waals surface area (Å²) in [5, 5.41) is 9.83. The van der Waals surface area contributed by atoms with E-state index in [0.29, 0.717) is 20.5 Å². The van der Waals surface area contributed by atoms with Crippen molar-refractivity contribution in [2.75, 3.05) is 0 Å². The zero-order valence-corrected chi connectivity index (χ0v) is 14.5. The maximum Gasteiger partial charge on any atom is 0.293 e. The Kier molecular flexibility index (Phi) is 4.85. The van der Waals surface area contributed by atoms with Crippen LogP contribution in [0, 0.1) is 0 Å². The van der Waals surface area contributed by atoms with E-state index in [9.17, 15) is 14.7 Å². The van der Waals surface area contributed by atoms with Gasteiger partial charge in [0.15, 0.2) is 0 Å². The minimum Gasteiger partial charge on any atom is -0.508 e. The Hall–Kier alpha value is -1.95. The van der Waals surface area contributed by atoms with Crippen LogP contribution in [0.2, 0.25) is 10.0 Å². The van der Waals surface area contributed by atoms with E-state index >= 15 is 0 Å². The number of imide groups is 1. The number of nitrogens with zero attached hydrogens (tertiary/aromatic N) is 1. The summed E-state index contributed by atoms with van der Waals surface area (Å²) in [4.78, 5) is 26.1. The summed E-state index contributed by atoms with van der Waals surface area (Å²) in [5.74, 6) is -0.235. The van der Waals surface area contributed by atoms with Gasteiger partial charge < -0.3 is 5.11 Å². The Morgan fingerprint density at radius 2 is 1.79 bits per heavy atom. The van der Waals surface area contributed by atoms with E-state index < -0.39 is 0 Å². The Morgan fingerprint density at radius 1 is 1.08 bits per heavy atom. The minimum absolute atomic E-state index is 0.0909. The van der Waals surface area contributed by atoms with Crippen LogP contribution in [0.25, 0.3) is 6.08 Å². The van der Waals surface area contributed by atoms with Crippen molar-refractivity contribution in [3.63, 3.8) is 0 Å². The number of carbonyl (C=O) groups excluding carboxylic acids is 2. The number of thioether (sulfide) groups is 1. The third-order valence-corrected chi connectivity index (χ3v) is 4.90. The standard InChI is InChI=1S/C17H11Cl2NO3S/c18-12-4-3-11(14(19)8-12)9-20-16(22)15(24-17(20)23)7-10-1-5-13(21)6-2-10/h1-8,21H,9H2/b15-7-. The fraction of sp³-hybridized carbons (Fsp3) is 0.0588. The van der Waals surface area contributed by atoms with Crippen LogP contribution >= 0.6 is 35.0 Å². The number of carbonyl (C=O) groups is 2. The van der Waals surface area contributed by atoms with Crippen LogP contribution in [0.3, 0.4) is 0 Å². The number of phenols is 1. The van der Waals surface area contributed by atoms with Crippen LogP contribution in [0.1, 0.15) is 11.1 Å². The van der Waals surface area contributed by atoms with Crippen LogP contribution in [-0.2, 0) is 11.3 Å². The molecule has 2 amide bonds. The van der Waals surface area contributed by atoms with Crippen molar-refractivity contribution in [1.82, 2.24) is 4.90 Å². The van der Waals surface area contributed by atoms with Crippen LogP contribution in [0.15, 0.2) is 47.4 Å². The van der Waals surface area contributed by atoms with Gasteiger partial charge in [-0.3, -0.25) is 14.5 Å². The first-order valence-corrected chi connectivity index (χ1v) is 8.49. The van der Waals surface area contributed by atoms with Crippen molar-refractivity contribution in [3.8, 4) is 5.75 Å². The Bertz CT molecular complexity index is 849. The molecular weight excluding hydrogens is 369 g/mol. The molecule has 1 aliphatic heterocycles. The molecule has 1 N–H and O–H groups in total. The van der Waals surface area contributed by atoms with Crippen molar-refractivity contribution < 1.29 is 14.7 Å². The molecule has 1 heterocycles. The topological polar surface area (TPSA) is 57.6 Å². The van der Waals surface area contributed by atoms with Crippen LogP contribution in [0.4, 0.5) is 4.79 Å². The van der Waals surface area contributed by atoms with E-state index in [1.807, 2.05) is 0 Å². The maximum atomic E-state index is 12.5. The summed E-state index contributed by atoms with van der Waals surface area (Å²) in [6.07, 6.45) is 1.62. The van der Waals surface area contributed by atoms with Gasteiger partial charge in [0.2, 0.25) is 0 Å². The molecule has 24 heavy (non-hydrogen) atoms. The molecule has 0 unspecified atom stereocenters. The Morgan fingerprint density at radius 3 is 2.46 bits per heavy atom. The van der Waals surface area contributed by atoms with Gasteiger partial charge >= 0.3 is 0 Å². The molecule has 2 aromatic carbocycles. The molecule has 3 rings (SSSR count). The molecule has 2 aromatic rings. The highest BCUT2D eigenvalue weighted by molar-refractivity contribution is 8.18. The molecule has 0 atom stereocenters. The fourth-order valence-corrected chi connectivity index (χ4v) is 3.49. The van der Waals surface area contributed by atoms with E-state index in [4.69, 9.17) is 23.2 Å². The van der Waals surface area contributed by atoms with E-state index in [1.54, 1.807) is 36.4 Å². The summed E-state index contributed by atoms with van der Waals surface area (Å²) in [6, 6.07) is 11.3. The van der Waals surface area contributed by atoms with Crippen molar-refractivity contribution in [2.45, 2.75) is 6.54 Å². The predicted molar refractivity (Wildman–Crippen MR) is 96.1 cm³/mol. The summed E-state index contributed by atoms with van der Waals surface area (Å²) in [7, 11) is 0. The second-order valence-corrected chi connectivity index (χ2v) is 6.93. The molecule has 0 aliphatic carbocycles. The van der Waals surface area contributed by atoms with Gasteiger partial charge in [-0.2, -0.15) is 0 Å². The number of phenolic OH excluding ortho intramolecular Hbond substituents is 1. The number of hydrogen-bond acceptors (Lipinski definition) is 4. The number of rotatable bonds is 3. The Labute approximate surface area is 152 Å². The second-order valence-electron chi connectivity index (χ2n) is 5.10. The quantitative estimate of drug-likeness (QED) is 0.767. The van der Waals surface area contributed by atoms with Gasteiger partial charge in [-0.05, 0) is 53.2 Å². The molecule has 0 radical (unpaired) electrons. The monoisotopic (exact) mass is 379 g/mol. The molecule has 4 nitrogen and oxygen atoms in total. The van der Waals surface area contributed by atoms with Gasteiger partial charge in [0.05, 0.1) is 11.4 Å². The highest BCUT2D eigenvalue weighted by Crippen LogP contribution is 2.34. The molecule has 0 bridgehead atoms. The fourth-order valence-electron chi connectivity index (χ4n) is 2.18. The first kappa shape index (κ1) is 16.9. The van der Waals surface area contributed by atoms with Crippen molar-refractivity contribution in [2.24, 2.45) is 0 Å². The number of benzene rings is 2. The molecule has 122 valence electrons. The van der Waals surface area contributed by atoms with Crippen LogP contribution in [-0.4, -0.2) is 21.2 Å². The van der Waals surface area contributed by atoms with Gasteiger partial charge in [0.1, 0.15) is 5.75 Å². The van der Waals surface area contributed by atoms with Crippen LogP contribution in [0.5, 0.6) is 5.75 Å². The lowest BCUT2D eigenvalue weighted by atomic mass is 10.2. The van der Waals surface area contributed by atoms with E-state index in [0.717, 1.165) is 22.2 Å². The lowest BCUT2D eigenvalue weighted by Gasteiger charge is -2.13. The number of hydrogen-bond donors (Lipinski definition) is 1. The molecule has 1 aliphatic rings. The summed E-state index contributed by atoms with van der Waals surface area (Å²) >= 11 is 12.8. The number of halogens is 2. The summed E-state index contributed by atoms with van der Waals surface area (Å²) in [5.41, 5.74) is 1.37. The highest BCUT2D eigenvalue weighted by Gasteiger charge is 2.35. The smallest absolute Gasteiger partial charge is 0.293 e. The first-order chi connectivity index (χ1) is 11.4. The third-order valence-electron chi connectivity index (χ3n) is 3.41. The van der Waals surface area contributed by atoms with Crippen LogP contribution < -0.4 is 0 Å². The SMILES string of the molecule is O=C1S/C(=C\c2ccc(O)cc2)C(=O)N1Cc1ccc(Cl)cc1Cl. The lowest BCUT2D eigenvalue weighted by molar-refractivity contribution is -0.123. The summed E-state index contributed by atoms with van der Waals surface area (Å²) < 4.78 is 0. The average molecular weight is 380 g/mol. The van der Waals surface area contributed by atoms with E-state index in [1.165, 1.54) is 12.1 Å². The molecule has 7 heteroatoms. The highest BCUT2D eigenvalue weighted by atomic mass is 35.5. The predicted octanol–water partition coefficient (Wildman–Crippen LogP) is 4.94.